The first-order chi connectivity index (χ1) is 13.9. The molecule has 1 N–H and O–H groups in total. The minimum Gasteiger partial charge on any atom is -0.321 e. The quantitative estimate of drug-likeness (QED) is 0.734. The van der Waals surface area contributed by atoms with E-state index in [-0.39, 0.29) is 17.4 Å². The summed E-state index contributed by atoms with van der Waals surface area (Å²) in [6.45, 7) is 8.16. The van der Waals surface area contributed by atoms with Gasteiger partial charge in [0, 0.05) is 24.8 Å². The number of hydrogen-bond acceptors (Lipinski definition) is 4. The van der Waals surface area contributed by atoms with Crippen LogP contribution in [0, 0.1) is 12.7 Å². The monoisotopic (exact) mass is 393 g/mol. The van der Waals surface area contributed by atoms with E-state index in [9.17, 15) is 9.18 Å². The standard InChI is InChI=1S/C22H24FN5O/c1-14(2)27-12-11-19-16(13-27)5-4-6-20(19)28-15(3)21(25-26-28)22(29)24-18-9-7-17(23)8-10-18/h4-10,14H,11-13H2,1-3H3,(H,24,29). The number of nitrogens with zero attached hydrogens (tertiary/aromatic N) is 4. The van der Waals surface area contributed by atoms with Crippen LogP contribution in [0.2, 0.25) is 0 Å². The number of halogens is 1. The summed E-state index contributed by atoms with van der Waals surface area (Å²) in [5.41, 5.74) is 4.95. The third-order valence-electron chi connectivity index (χ3n) is 5.44. The van der Waals surface area contributed by atoms with Gasteiger partial charge in [0.1, 0.15) is 5.82 Å². The first-order valence-electron chi connectivity index (χ1n) is 9.78. The minimum absolute atomic E-state index is 0.256. The Kier molecular flexibility index (Phi) is 5.15. The summed E-state index contributed by atoms with van der Waals surface area (Å²) in [6.07, 6.45) is 0.931. The van der Waals surface area contributed by atoms with Crippen LogP contribution in [0.3, 0.4) is 0 Å². The Morgan fingerprint density at radius 1 is 1.17 bits per heavy atom. The fraction of sp³-hybridized carbons (Fsp3) is 0.318. The first kappa shape index (κ1) is 19.3. The van der Waals surface area contributed by atoms with E-state index in [1.54, 1.807) is 4.68 Å². The van der Waals surface area contributed by atoms with Crippen LogP contribution in [0.5, 0.6) is 0 Å². The van der Waals surface area contributed by atoms with E-state index in [4.69, 9.17) is 0 Å². The van der Waals surface area contributed by atoms with Crippen molar-refractivity contribution in [3.63, 3.8) is 0 Å². The van der Waals surface area contributed by atoms with Gasteiger partial charge in [0.2, 0.25) is 0 Å². The van der Waals surface area contributed by atoms with Crippen molar-refractivity contribution in [1.82, 2.24) is 19.9 Å². The number of anilines is 1. The van der Waals surface area contributed by atoms with E-state index >= 15 is 0 Å². The maximum atomic E-state index is 13.1. The molecule has 4 rings (SSSR count). The van der Waals surface area contributed by atoms with Gasteiger partial charge in [-0.3, -0.25) is 9.69 Å². The summed E-state index contributed by atoms with van der Waals surface area (Å²) in [5.74, 6) is -0.717. The lowest BCUT2D eigenvalue weighted by Gasteiger charge is -2.32. The molecule has 0 aliphatic carbocycles. The molecule has 2 aromatic carbocycles. The molecule has 0 radical (unpaired) electrons. The Morgan fingerprint density at radius 3 is 2.66 bits per heavy atom. The molecule has 1 aliphatic rings. The Labute approximate surface area is 169 Å². The van der Waals surface area contributed by atoms with Crippen molar-refractivity contribution in [2.24, 2.45) is 0 Å². The number of nitrogens with one attached hydrogen (secondary N) is 1. The van der Waals surface area contributed by atoms with Crippen molar-refractivity contribution in [2.45, 2.75) is 39.8 Å². The lowest BCUT2D eigenvalue weighted by Crippen LogP contribution is -2.36. The predicted molar refractivity (Wildman–Crippen MR) is 110 cm³/mol. The molecule has 29 heavy (non-hydrogen) atoms. The molecule has 3 aromatic rings. The molecule has 0 bridgehead atoms. The number of benzene rings is 2. The average Bonchev–Trinajstić information content (AvgIpc) is 3.10. The molecule has 150 valence electrons. The summed E-state index contributed by atoms with van der Waals surface area (Å²) in [4.78, 5) is 15.1. The third kappa shape index (κ3) is 3.78. The average molecular weight is 393 g/mol. The summed E-state index contributed by atoms with van der Waals surface area (Å²) in [5, 5.41) is 11.1. The Bertz CT molecular complexity index is 1040. The molecule has 7 heteroatoms. The number of rotatable bonds is 4. The second-order valence-electron chi connectivity index (χ2n) is 7.63. The molecule has 1 amide bonds. The topological polar surface area (TPSA) is 63.1 Å². The summed E-state index contributed by atoms with van der Waals surface area (Å²) >= 11 is 0. The van der Waals surface area contributed by atoms with Gasteiger partial charge in [-0.1, -0.05) is 17.3 Å². The van der Waals surface area contributed by atoms with Gasteiger partial charge in [-0.25, -0.2) is 9.07 Å². The van der Waals surface area contributed by atoms with Gasteiger partial charge in [-0.2, -0.15) is 0 Å². The summed E-state index contributed by atoms with van der Waals surface area (Å²) < 4.78 is 14.8. The van der Waals surface area contributed by atoms with Gasteiger partial charge in [-0.15, -0.1) is 5.10 Å². The Hall–Kier alpha value is -3.06. The van der Waals surface area contributed by atoms with Gasteiger partial charge in [0.05, 0.1) is 11.4 Å². The maximum Gasteiger partial charge on any atom is 0.278 e. The fourth-order valence-electron chi connectivity index (χ4n) is 3.74. The van der Waals surface area contributed by atoms with Gasteiger partial charge in [-0.05, 0) is 68.7 Å². The molecular formula is C22H24FN5O. The van der Waals surface area contributed by atoms with Crippen LogP contribution < -0.4 is 5.32 Å². The summed E-state index contributed by atoms with van der Waals surface area (Å²) in [7, 11) is 0. The highest BCUT2D eigenvalue weighted by molar-refractivity contribution is 6.03. The molecule has 1 aromatic heterocycles. The minimum atomic E-state index is -0.365. The highest BCUT2D eigenvalue weighted by Crippen LogP contribution is 2.27. The smallest absolute Gasteiger partial charge is 0.278 e. The van der Waals surface area contributed by atoms with Crippen LogP contribution in [0.1, 0.15) is 41.2 Å². The molecule has 0 fully saturated rings. The van der Waals surface area contributed by atoms with Gasteiger partial charge in [0.15, 0.2) is 5.69 Å². The SMILES string of the molecule is Cc1c(C(=O)Nc2ccc(F)cc2)nnn1-c1cccc2c1CCN(C(C)C)C2. The predicted octanol–water partition coefficient (Wildman–Crippen LogP) is 3.73. The lowest BCUT2D eigenvalue weighted by atomic mass is 9.97. The van der Waals surface area contributed by atoms with Crippen molar-refractivity contribution in [3.8, 4) is 5.69 Å². The first-order valence-corrected chi connectivity index (χ1v) is 9.78. The molecule has 0 saturated heterocycles. The zero-order chi connectivity index (χ0) is 20.5. The second-order valence-corrected chi connectivity index (χ2v) is 7.63. The second kappa shape index (κ2) is 7.75. The normalized spacial score (nSPS) is 14.1. The van der Waals surface area contributed by atoms with E-state index < -0.39 is 0 Å². The number of carbonyl (C=O) groups excluding carboxylic acids is 1. The third-order valence-corrected chi connectivity index (χ3v) is 5.44. The Balaban J connectivity index is 1.62. The highest BCUT2D eigenvalue weighted by atomic mass is 19.1. The van der Waals surface area contributed by atoms with E-state index in [0.29, 0.717) is 17.4 Å². The van der Waals surface area contributed by atoms with E-state index in [2.05, 4.69) is 40.4 Å². The number of fused-ring (bicyclic) bond motifs is 1. The van der Waals surface area contributed by atoms with Gasteiger partial charge >= 0.3 is 0 Å². The molecule has 1 aliphatic heterocycles. The van der Waals surface area contributed by atoms with Crippen LogP contribution in [0.4, 0.5) is 10.1 Å². The number of amides is 1. The summed E-state index contributed by atoms with van der Waals surface area (Å²) in [6, 6.07) is 12.3. The highest BCUT2D eigenvalue weighted by Gasteiger charge is 2.24. The van der Waals surface area contributed by atoms with Crippen LogP contribution in [-0.2, 0) is 13.0 Å². The molecule has 0 atom stereocenters. The molecule has 0 unspecified atom stereocenters. The van der Waals surface area contributed by atoms with Crippen LogP contribution in [-0.4, -0.2) is 38.4 Å². The number of aromatic nitrogens is 3. The zero-order valence-corrected chi connectivity index (χ0v) is 16.8. The largest absolute Gasteiger partial charge is 0.321 e. The van der Waals surface area contributed by atoms with Crippen molar-refractivity contribution in [3.05, 3.63) is 70.8 Å². The molecule has 6 nitrogen and oxygen atoms in total. The van der Waals surface area contributed by atoms with E-state index in [0.717, 1.165) is 25.2 Å². The number of hydrogen-bond donors (Lipinski definition) is 1. The van der Waals surface area contributed by atoms with Crippen LogP contribution in [0.15, 0.2) is 42.5 Å². The van der Waals surface area contributed by atoms with Crippen molar-refractivity contribution in [2.75, 3.05) is 11.9 Å². The van der Waals surface area contributed by atoms with E-state index in [1.807, 2.05) is 19.1 Å². The van der Waals surface area contributed by atoms with Crippen molar-refractivity contribution >= 4 is 11.6 Å². The van der Waals surface area contributed by atoms with Crippen LogP contribution >= 0.6 is 0 Å². The number of carbonyl (C=O) groups is 1. The molecular weight excluding hydrogens is 369 g/mol. The van der Waals surface area contributed by atoms with Crippen molar-refractivity contribution < 1.29 is 9.18 Å². The fourth-order valence-corrected chi connectivity index (χ4v) is 3.74. The Morgan fingerprint density at radius 2 is 1.93 bits per heavy atom. The van der Waals surface area contributed by atoms with Crippen LogP contribution in [0.25, 0.3) is 5.69 Å². The lowest BCUT2D eigenvalue weighted by molar-refractivity contribution is 0.102. The zero-order valence-electron chi connectivity index (χ0n) is 16.8. The van der Waals surface area contributed by atoms with Gasteiger partial charge < -0.3 is 5.32 Å². The molecule has 0 spiro atoms. The maximum absolute atomic E-state index is 13.1. The van der Waals surface area contributed by atoms with Gasteiger partial charge in [0.25, 0.3) is 5.91 Å². The van der Waals surface area contributed by atoms with Crippen molar-refractivity contribution in [1.29, 1.82) is 0 Å². The van der Waals surface area contributed by atoms with E-state index in [1.165, 1.54) is 35.4 Å². The molecule has 2 heterocycles. The molecule has 0 saturated carbocycles.